The van der Waals surface area contributed by atoms with E-state index in [2.05, 4.69) is 0 Å². The van der Waals surface area contributed by atoms with Gasteiger partial charge in [0.1, 0.15) is 19.7 Å². The van der Waals surface area contributed by atoms with Crippen LogP contribution in [0.25, 0.3) is 0 Å². The van der Waals surface area contributed by atoms with Crippen LogP contribution in [-0.2, 0) is 19.1 Å². The van der Waals surface area contributed by atoms with Crippen molar-refractivity contribution in [2.45, 2.75) is 13.3 Å². The van der Waals surface area contributed by atoms with Crippen molar-refractivity contribution < 1.29 is 24.2 Å². The van der Waals surface area contributed by atoms with Crippen LogP contribution in [0, 0.1) is 0 Å². The number of primary amides is 1. The first kappa shape index (κ1) is 14.4. The number of carbonyl (C=O) groups is 3. The third kappa shape index (κ3) is 6.77. The summed E-state index contributed by atoms with van der Waals surface area (Å²) in [6.07, 6.45) is 0.752. The standard InChI is InChI=1S/C9H16N2O5/c1-2-3-16-6-8(13)11(4-7(10)12)5-9(14)15/h2-6H2,1H3,(H2,10,12)(H,14,15). The summed E-state index contributed by atoms with van der Waals surface area (Å²) in [4.78, 5) is 33.3. The van der Waals surface area contributed by atoms with E-state index in [9.17, 15) is 14.4 Å². The monoisotopic (exact) mass is 232 g/mol. The molecule has 3 N–H and O–H groups in total. The Morgan fingerprint density at radius 1 is 1.31 bits per heavy atom. The Morgan fingerprint density at radius 3 is 2.38 bits per heavy atom. The smallest absolute Gasteiger partial charge is 0.323 e. The molecule has 0 aromatic carbocycles. The zero-order valence-corrected chi connectivity index (χ0v) is 9.14. The molecule has 0 radical (unpaired) electrons. The predicted molar refractivity (Wildman–Crippen MR) is 54.5 cm³/mol. The van der Waals surface area contributed by atoms with E-state index in [4.69, 9.17) is 15.6 Å². The van der Waals surface area contributed by atoms with Crippen molar-refractivity contribution in [1.82, 2.24) is 4.90 Å². The largest absolute Gasteiger partial charge is 0.480 e. The second-order valence-electron chi connectivity index (χ2n) is 3.16. The molecule has 0 spiro atoms. The Bertz CT molecular complexity index is 251. The molecule has 0 aliphatic heterocycles. The van der Waals surface area contributed by atoms with Crippen molar-refractivity contribution in [3.8, 4) is 0 Å². The first-order valence-corrected chi connectivity index (χ1v) is 4.83. The molecule has 0 aromatic heterocycles. The van der Waals surface area contributed by atoms with Crippen LogP contribution < -0.4 is 5.73 Å². The fraction of sp³-hybridized carbons (Fsp3) is 0.667. The first-order valence-electron chi connectivity index (χ1n) is 4.83. The molecule has 7 nitrogen and oxygen atoms in total. The summed E-state index contributed by atoms with van der Waals surface area (Å²) < 4.78 is 4.95. The average molecular weight is 232 g/mol. The molecule has 0 rings (SSSR count). The van der Waals surface area contributed by atoms with Crippen molar-refractivity contribution in [2.24, 2.45) is 5.73 Å². The number of carbonyl (C=O) groups excluding carboxylic acids is 2. The lowest BCUT2D eigenvalue weighted by atomic mass is 10.4. The van der Waals surface area contributed by atoms with Gasteiger partial charge in [0.05, 0.1) is 0 Å². The number of hydrogen-bond acceptors (Lipinski definition) is 4. The number of nitrogens with two attached hydrogens (primary N) is 1. The normalized spacial score (nSPS) is 9.81. The molecule has 2 amide bonds. The van der Waals surface area contributed by atoms with Gasteiger partial charge in [0.15, 0.2) is 0 Å². The second kappa shape index (κ2) is 7.63. The minimum Gasteiger partial charge on any atom is -0.480 e. The van der Waals surface area contributed by atoms with Gasteiger partial charge >= 0.3 is 5.97 Å². The number of carboxylic acids is 1. The van der Waals surface area contributed by atoms with Gasteiger partial charge in [-0.3, -0.25) is 14.4 Å². The quantitative estimate of drug-likeness (QED) is 0.511. The predicted octanol–water partition coefficient (Wildman–Crippen LogP) is -1.19. The van der Waals surface area contributed by atoms with Crippen LogP contribution in [0.4, 0.5) is 0 Å². The lowest BCUT2D eigenvalue weighted by molar-refractivity contribution is -0.147. The summed E-state index contributed by atoms with van der Waals surface area (Å²) in [6.45, 7) is 1.07. The molecule has 0 aromatic rings. The lowest BCUT2D eigenvalue weighted by Crippen LogP contribution is -2.43. The summed E-state index contributed by atoms with van der Waals surface area (Å²) in [5.41, 5.74) is 4.90. The summed E-state index contributed by atoms with van der Waals surface area (Å²) in [5, 5.41) is 8.53. The van der Waals surface area contributed by atoms with Crippen LogP contribution in [0.2, 0.25) is 0 Å². The van der Waals surface area contributed by atoms with Gasteiger partial charge in [-0.15, -0.1) is 0 Å². The van der Waals surface area contributed by atoms with Gasteiger partial charge in [0, 0.05) is 6.61 Å². The molecule has 0 atom stereocenters. The zero-order valence-electron chi connectivity index (χ0n) is 9.14. The van der Waals surface area contributed by atoms with E-state index in [0.717, 1.165) is 11.3 Å². The Kier molecular flexibility index (Phi) is 6.86. The molecule has 0 saturated carbocycles. The molecule has 0 aliphatic carbocycles. The number of nitrogens with zero attached hydrogens (tertiary/aromatic N) is 1. The maximum absolute atomic E-state index is 11.4. The topological polar surface area (TPSA) is 110 Å². The number of aliphatic carboxylic acids is 1. The number of ether oxygens (including phenoxy) is 1. The summed E-state index contributed by atoms with van der Waals surface area (Å²) >= 11 is 0. The number of hydrogen-bond donors (Lipinski definition) is 2. The third-order valence-corrected chi connectivity index (χ3v) is 1.60. The molecule has 7 heteroatoms. The molecule has 0 heterocycles. The molecule has 0 fully saturated rings. The zero-order chi connectivity index (χ0) is 12.6. The van der Waals surface area contributed by atoms with Gasteiger partial charge in [-0.25, -0.2) is 0 Å². The summed E-state index contributed by atoms with van der Waals surface area (Å²) in [5.74, 6) is -2.52. The minimum atomic E-state index is -1.20. The fourth-order valence-electron chi connectivity index (χ4n) is 0.979. The van der Waals surface area contributed by atoms with Crippen LogP contribution in [0.15, 0.2) is 0 Å². The van der Waals surface area contributed by atoms with Crippen LogP contribution in [0.3, 0.4) is 0 Å². The van der Waals surface area contributed by atoms with Gasteiger partial charge in [-0.2, -0.15) is 0 Å². The van der Waals surface area contributed by atoms with E-state index in [-0.39, 0.29) is 6.61 Å². The lowest BCUT2D eigenvalue weighted by Gasteiger charge is -2.18. The Morgan fingerprint density at radius 2 is 1.94 bits per heavy atom. The Hall–Kier alpha value is -1.63. The number of carboxylic acid groups (broad SMARTS) is 1. The molecular formula is C9H16N2O5. The highest BCUT2D eigenvalue weighted by molar-refractivity contribution is 5.87. The average Bonchev–Trinajstić information content (AvgIpc) is 2.15. The van der Waals surface area contributed by atoms with Gasteiger partial charge < -0.3 is 20.5 Å². The van der Waals surface area contributed by atoms with Crippen molar-refractivity contribution in [3.05, 3.63) is 0 Å². The molecule has 0 unspecified atom stereocenters. The highest BCUT2D eigenvalue weighted by atomic mass is 16.5. The minimum absolute atomic E-state index is 0.242. The molecular weight excluding hydrogens is 216 g/mol. The van der Waals surface area contributed by atoms with E-state index in [1.807, 2.05) is 6.92 Å². The van der Waals surface area contributed by atoms with Crippen LogP contribution in [0.1, 0.15) is 13.3 Å². The van der Waals surface area contributed by atoms with E-state index in [1.54, 1.807) is 0 Å². The third-order valence-electron chi connectivity index (χ3n) is 1.60. The Balaban J connectivity index is 4.20. The highest BCUT2D eigenvalue weighted by Gasteiger charge is 2.18. The van der Waals surface area contributed by atoms with Crippen molar-refractivity contribution in [1.29, 1.82) is 0 Å². The SMILES string of the molecule is CCCOCC(=O)N(CC(N)=O)CC(=O)O. The van der Waals surface area contributed by atoms with Gasteiger partial charge in [-0.05, 0) is 6.42 Å². The number of amides is 2. The Labute approximate surface area is 93.2 Å². The maximum Gasteiger partial charge on any atom is 0.323 e. The molecule has 0 saturated heterocycles. The van der Waals surface area contributed by atoms with E-state index < -0.39 is 30.9 Å². The van der Waals surface area contributed by atoms with Crippen LogP contribution >= 0.6 is 0 Å². The van der Waals surface area contributed by atoms with Gasteiger partial charge in [0.25, 0.3) is 0 Å². The summed E-state index contributed by atoms with van der Waals surface area (Å²) in [6, 6.07) is 0. The number of rotatable bonds is 8. The fourth-order valence-corrected chi connectivity index (χ4v) is 0.979. The summed E-state index contributed by atoms with van der Waals surface area (Å²) in [7, 11) is 0. The van der Waals surface area contributed by atoms with Crippen molar-refractivity contribution in [3.63, 3.8) is 0 Å². The van der Waals surface area contributed by atoms with E-state index >= 15 is 0 Å². The van der Waals surface area contributed by atoms with Gasteiger partial charge in [-0.1, -0.05) is 6.92 Å². The molecule has 16 heavy (non-hydrogen) atoms. The highest BCUT2D eigenvalue weighted by Crippen LogP contribution is 1.92. The van der Waals surface area contributed by atoms with Crippen LogP contribution in [0.5, 0.6) is 0 Å². The molecule has 0 bridgehead atoms. The molecule has 92 valence electrons. The van der Waals surface area contributed by atoms with E-state index in [0.29, 0.717) is 6.61 Å². The van der Waals surface area contributed by atoms with Crippen molar-refractivity contribution in [2.75, 3.05) is 26.3 Å². The van der Waals surface area contributed by atoms with E-state index in [1.165, 1.54) is 0 Å². The first-order chi connectivity index (χ1) is 7.47. The van der Waals surface area contributed by atoms with Gasteiger partial charge in [0.2, 0.25) is 11.8 Å². The van der Waals surface area contributed by atoms with Crippen LogP contribution in [-0.4, -0.2) is 54.1 Å². The molecule has 0 aliphatic rings. The maximum atomic E-state index is 11.4. The second-order valence-corrected chi connectivity index (χ2v) is 3.16. The van der Waals surface area contributed by atoms with Crippen molar-refractivity contribution >= 4 is 17.8 Å².